The van der Waals surface area contributed by atoms with Crippen LogP contribution in [0, 0.1) is 0 Å². The molecule has 2 atom stereocenters. The zero-order chi connectivity index (χ0) is 12.0. The third-order valence-corrected chi connectivity index (χ3v) is 2.83. The van der Waals surface area contributed by atoms with E-state index in [1.165, 1.54) is 5.56 Å². The zero-order valence-corrected chi connectivity index (χ0v) is 10.4. The van der Waals surface area contributed by atoms with E-state index in [1.54, 1.807) is 6.92 Å². The SMILES string of the molecule is CCOC(=O)C(Cl)CC(C)c1ccccc1. The molecular weight excluding hydrogens is 224 g/mol. The van der Waals surface area contributed by atoms with Crippen LogP contribution in [-0.2, 0) is 9.53 Å². The molecule has 0 bridgehead atoms. The monoisotopic (exact) mass is 240 g/mol. The molecule has 1 aromatic rings. The van der Waals surface area contributed by atoms with Crippen LogP contribution < -0.4 is 0 Å². The molecule has 2 unspecified atom stereocenters. The van der Waals surface area contributed by atoms with E-state index in [1.807, 2.05) is 30.3 Å². The zero-order valence-electron chi connectivity index (χ0n) is 9.65. The fourth-order valence-electron chi connectivity index (χ4n) is 1.56. The van der Waals surface area contributed by atoms with Crippen molar-refractivity contribution in [3.63, 3.8) is 0 Å². The van der Waals surface area contributed by atoms with Crippen LogP contribution in [0.25, 0.3) is 0 Å². The molecule has 2 nitrogen and oxygen atoms in total. The molecule has 1 rings (SSSR count). The summed E-state index contributed by atoms with van der Waals surface area (Å²) in [6.07, 6.45) is 0.602. The summed E-state index contributed by atoms with van der Waals surface area (Å²) in [5, 5.41) is -0.560. The molecule has 1 aromatic carbocycles. The minimum absolute atomic E-state index is 0.258. The van der Waals surface area contributed by atoms with E-state index in [0.29, 0.717) is 13.0 Å². The number of ether oxygens (including phenoxy) is 1. The number of esters is 1. The minimum Gasteiger partial charge on any atom is -0.465 e. The summed E-state index contributed by atoms with van der Waals surface area (Å²) >= 11 is 5.98. The summed E-state index contributed by atoms with van der Waals surface area (Å²) in [6, 6.07) is 10.0. The Balaban J connectivity index is 2.51. The quantitative estimate of drug-likeness (QED) is 0.583. The van der Waals surface area contributed by atoms with Crippen molar-refractivity contribution in [3.8, 4) is 0 Å². The highest BCUT2D eigenvalue weighted by Gasteiger charge is 2.20. The van der Waals surface area contributed by atoms with Crippen LogP contribution in [0.15, 0.2) is 30.3 Å². The first kappa shape index (κ1) is 13.0. The lowest BCUT2D eigenvalue weighted by molar-refractivity contribution is -0.142. The Bertz CT molecular complexity index is 324. The topological polar surface area (TPSA) is 26.3 Å². The van der Waals surface area contributed by atoms with Gasteiger partial charge in [0.2, 0.25) is 0 Å². The molecule has 0 aliphatic carbocycles. The minimum atomic E-state index is -0.560. The third-order valence-electron chi connectivity index (χ3n) is 2.47. The van der Waals surface area contributed by atoms with Gasteiger partial charge in [0, 0.05) is 0 Å². The number of carbonyl (C=O) groups is 1. The first-order chi connectivity index (χ1) is 7.65. The van der Waals surface area contributed by atoms with Gasteiger partial charge in [-0.1, -0.05) is 37.3 Å². The Hall–Kier alpha value is -1.02. The van der Waals surface area contributed by atoms with E-state index in [4.69, 9.17) is 16.3 Å². The summed E-state index contributed by atoms with van der Waals surface area (Å²) in [5.41, 5.74) is 1.19. The molecule has 0 N–H and O–H groups in total. The van der Waals surface area contributed by atoms with Gasteiger partial charge in [0.1, 0.15) is 5.38 Å². The highest BCUT2D eigenvalue weighted by Crippen LogP contribution is 2.23. The number of hydrogen-bond acceptors (Lipinski definition) is 2. The van der Waals surface area contributed by atoms with Crippen LogP contribution in [0.3, 0.4) is 0 Å². The van der Waals surface area contributed by atoms with Crippen LogP contribution in [0.5, 0.6) is 0 Å². The highest BCUT2D eigenvalue weighted by atomic mass is 35.5. The summed E-state index contributed by atoms with van der Waals surface area (Å²) in [4.78, 5) is 11.4. The van der Waals surface area contributed by atoms with Gasteiger partial charge < -0.3 is 4.74 Å². The molecule has 0 heterocycles. The van der Waals surface area contributed by atoms with Crippen LogP contribution >= 0.6 is 11.6 Å². The maximum atomic E-state index is 11.4. The van der Waals surface area contributed by atoms with Gasteiger partial charge in [0.25, 0.3) is 0 Å². The Morgan fingerprint density at radius 2 is 2.00 bits per heavy atom. The van der Waals surface area contributed by atoms with Crippen molar-refractivity contribution >= 4 is 17.6 Å². The lowest BCUT2D eigenvalue weighted by atomic mass is 9.96. The van der Waals surface area contributed by atoms with Gasteiger partial charge >= 0.3 is 5.97 Å². The molecule has 0 amide bonds. The number of carbonyl (C=O) groups excluding carboxylic acids is 1. The highest BCUT2D eigenvalue weighted by molar-refractivity contribution is 6.29. The summed E-state index contributed by atoms with van der Waals surface area (Å²) in [5.74, 6) is -0.0694. The predicted octanol–water partition coefficient (Wildman–Crippen LogP) is 3.35. The normalized spacial score (nSPS) is 14.2. The second kappa shape index (κ2) is 6.54. The second-order valence-corrected chi connectivity index (χ2v) is 4.29. The lowest BCUT2D eigenvalue weighted by Crippen LogP contribution is -2.19. The van der Waals surface area contributed by atoms with Crippen LogP contribution in [0.4, 0.5) is 0 Å². The molecule has 0 spiro atoms. The molecule has 0 saturated heterocycles. The van der Waals surface area contributed by atoms with Gasteiger partial charge in [0.15, 0.2) is 0 Å². The van der Waals surface area contributed by atoms with Gasteiger partial charge in [-0.15, -0.1) is 11.6 Å². The van der Waals surface area contributed by atoms with E-state index >= 15 is 0 Å². The van der Waals surface area contributed by atoms with Crippen molar-refractivity contribution < 1.29 is 9.53 Å². The molecule has 0 aliphatic rings. The fourth-order valence-corrected chi connectivity index (χ4v) is 1.89. The third kappa shape index (κ3) is 3.86. The average molecular weight is 241 g/mol. The molecule has 88 valence electrons. The van der Waals surface area contributed by atoms with Gasteiger partial charge in [-0.05, 0) is 24.8 Å². The van der Waals surface area contributed by atoms with Crippen molar-refractivity contribution in [3.05, 3.63) is 35.9 Å². The van der Waals surface area contributed by atoms with E-state index in [2.05, 4.69) is 6.92 Å². The molecule has 0 fully saturated rings. The van der Waals surface area contributed by atoms with Crippen LogP contribution in [0.2, 0.25) is 0 Å². The van der Waals surface area contributed by atoms with E-state index < -0.39 is 5.38 Å². The maximum absolute atomic E-state index is 11.4. The molecular formula is C13H17ClO2. The largest absolute Gasteiger partial charge is 0.465 e. The van der Waals surface area contributed by atoms with Gasteiger partial charge in [-0.3, -0.25) is 4.79 Å². The number of hydrogen-bond donors (Lipinski definition) is 0. The van der Waals surface area contributed by atoms with Crippen LogP contribution in [0.1, 0.15) is 31.7 Å². The molecule has 3 heteroatoms. The maximum Gasteiger partial charge on any atom is 0.324 e. The number of rotatable bonds is 5. The number of halogens is 1. The molecule has 0 aliphatic heterocycles. The van der Waals surface area contributed by atoms with Crippen LogP contribution in [-0.4, -0.2) is 18.0 Å². The number of benzene rings is 1. The summed E-state index contributed by atoms with van der Waals surface area (Å²) in [7, 11) is 0. The van der Waals surface area contributed by atoms with Crippen molar-refractivity contribution in [2.75, 3.05) is 6.61 Å². The van der Waals surface area contributed by atoms with E-state index in [9.17, 15) is 4.79 Å². The van der Waals surface area contributed by atoms with Crippen molar-refractivity contribution in [2.45, 2.75) is 31.6 Å². The lowest BCUT2D eigenvalue weighted by Gasteiger charge is -2.15. The van der Waals surface area contributed by atoms with Crippen molar-refractivity contribution in [1.29, 1.82) is 0 Å². The van der Waals surface area contributed by atoms with Gasteiger partial charge in [-0.2, -0.15) is 0 Å². The fraction of sp³-hybridized carbons (Fsp3) is 0.462. The van der Waals surface area contributed by atoms with Gasteiger partial charge in [0.05, 0.1) is 6.61 Å². The summed E-state index contributed by atoms with van der Waals surface area (Å²) in [6.45, 7) is 4.22. The van der Waals surface area contributed by atoms with Gasteiger partial charge in [-0.25, -0.2) is 0 Å². The molecule has 16 heavy (non-hydrogen) atoms. The Morgan fingerprint density at radius 1 is 1.38 bits per heavy atom. The van der Waals surface area contributed by atoms with Crippen molar-refractivity contribution in [2.24, 2.45) is 0 Å². The summed E-state index contributed by atoms with van der Waals surface area (Å²) < 4.78 is 4.87. The standard InChI is InChI=1S/C13H17ClO2/c1-3-16-13(15)12(14)9-10(2)11-7-5-4-6-8-11/h4-8,10,12H,3,9H2,1-2H3. The van der Waals surface area contributed by atoms with Crippen molar-refractivity contribution in [1.82, 2.24) is 0 Å². The Labute approximate surface area is 102 Å². The predicted molar refractivity (Wildman–Crippen MR) is 65.7 cm³/mol. The van der Waals surface area contributed by atoms with E-state index in [-0.39, 0.29) is 11.9 Å². The molecule has 0 aromatic heterocycles. The first-order valence-electron chi connectivity index (χ1n) is 5.50. The first-order valence-corrected chi connectivity index (χ1v) is 5.94. The smallest absolute Gasteiger partial charge is 0.324 e. The molecule has 0 radical (unpaired) electrons. The Morgan fingerprint density at radius 3 is 2.56 bits per heavy atom. The average Bonchev–Trinajstić information content (AvgIpc) is 2.30. The number of alkyl halides is 1. The molecule has 0 saturated carbocycles. The second-order valence-electron chi connectivity index (χ2n) is 3.77. The Kier molecular flexibility index (Phi) is 5.33. The van der Waals surface area contributed by atoms with E-state index in [0.717, 1.165) is 0 Å².